The molecule has 0 radical (unpaired) electrons. The van der Waals surface area contributed by atoms with Gasteiger partial charge in [0.25, 0.3) is 0 Å². The molecule has 1 atom stereocenters. The van der Waals surface area contributed by atoms with Gasteiger partial charge >= 0.3 is 0 Å². The van der Waals surface area contributed by atoms with Gasteiger partial charge in [-0.3, -0.25) is 9.78 Å². The number of carbonyl (C=O) groups excluding carboxylic acids is 1. The lowest BCUT2D eigenvalue weighted by Gasteiger charge is -2.15. The zero-order valence-corrected chi connectivity index (χ0v) is 13.4. The summed E-state index contributed by atoms with van der Waals surface area (Å²) in [6, 6.07) is 13.4. The third-order valence-electron chi connectivity index (χ3n) is 3.46. The Hall–Kier alpha value is -2.40. The molecule has 122 valence electrons. The Morgan fingerprint density at radius 3 is 2.91 bits per heavy atom. The van der Waals surface area contributed by atoms with E-state index in [-0.39, 0.29) is 11.9 Å². The molecule has 0 saturated heterocycles. The molecule has 0 bridgehead atoms. The Morgan fingerprint density at radius 2 is 2.17 bits per heavy atom. The van der Waals surface area contributed by atoms with Gasteiger partial charge in [0.2, 0.25) is 5.91 Å². The zero-order chi connectivity index (χ0) is 16.5. The largest absolute Gasteiger partial charge is 0.487 e. The molecule has 0 aliphatic rings. The van der Waals surface area contributed by atoms with Crippen LogP contribution in [0.5, 0.6) is 5.75 Å². The topological polar surface area (TPSA) is 77.2 Å². The van der Waals surface area contributed by atoms with Crippen LogP contribution in [-0.4, -0.2) is 17.4 Å². The average molecular weight is 313 g/mol. The summed E-state index contributed by atoms with van der Waals surface area (Å²) >= 11 is 0. The molecule has 0 aliphatic carbocycles. The highest BCUT2D eigenvalue weighted by molar-refractivity contribution is 5.76. The lowest BCUT2D eigenvalue weighted by atomic mass is 10.1. The first kappa shape index (κ1) is 17.0. The second kappa shape index (κ2) is 8.90. The number of carbonyl (C=O) groups is 1. The van der Waals surface area contributed by atoms with Crippen molar-refractivity contribution >= 4 is 5.91 Å². The Bertz CT molecular complexity index is 617. The van der Waals surface area contributed by atoms with E-state index >= 15 is 0 Å². The number of hydrogen-bond donors (Lipinski definition) is 2. The highest BCUT2D eigenvalue weighted by atomic mass is 16.5. The maximum Gasteiger partial charge on any atom is 0.220 e. The van der Waals surface area contributed by atoms with Gasteiger partial charge in [0, 0.05) is 12.6 Å². The predicted octanol–water partition coefficient (Wildman–Crippen LogP) is 2.58. The minimum Gasteiger partial charge on any atom is -0.487 e. The fraction of sp³-hybridized carbons (Fsp3) is 0.333. The van der Waals surface area contributed by atoms with Crippen LogP contribution in [0, 0.1) is 0 Å². The molecule has 0 spiro atoms. The number of nitrogens with two attached hydrogens (primary N) is 1. The summed E-state index contributed by atoms with van der Waals surface area (Å²) < 4.78 is 5.76. The summed E-state index contributed by atoms with van der Waals surface area (Å²) in [7, 11) is 0. The van der Waals surface area contributed by atoms with Crippen molar-refractivity contribution < 1.29 is 9.53 Å². The monoisotopic (exact) mass is 313 g/mol. The fourth-order valence-corrected chi connectivity index (χ4v) is 2.17. The minimum absolute atomic E-state index is 0.0164. The van der Waals surface area contributed by atoms with Crippen LogP contribution < -0.4 is 15.8 Å². The van der Waals surface area contributed by atoms with Crippen molar-refractivity contribution in [2.45, 2.75) is 32.4 Å². The summed E-state index contributed by atoms with van der Waals surface area (Å²) in [5.74, 6) is 0.777. The normalized spacial score (nSPS) is 11.7. The van der Waals surface area contributed by atoms with Crippen molar-refractivity contribution in [1.82, 2.24) is 10.3 Å². The van der Waals surface area contributed by atoms with Crippen molar-refractivity contribution in [2.24, 2.45) is 5.73 Å². The first-order valence-electron chi connectivity index (χ1n) is 7.81. The zero-order valence-electron chi connectivity index (χ0n) is 13.4. The third-order valence-corrected chi connectivity index (χ3v) is 3.46. The van der Waals surface area contributed by atoms with Crippen LogP contribution in [0.25, 0.3) is 0 Å². The van der Waals surface area contributed by atoms with E-state index in [2.05, 4.69) is 10.3 Å². The van der Waals surface area contributed by atoms with Crippen molar-refractivity contribution in [3.05, 3.63) is 59.9 Å². The Balaban J connectivity index is 1.92. The maximum atomic E-state index is 11.8. The predicted molar refractivity (Wildman–Crippen MR) is 89.9 cm³/mol. The fourth-order valence-electron chi connectivity index (χ4n) is 2.17. The van der Waals surface area contributed by atoms with E-state index in [0.717, 1.165) is 17.0 Å². The van der Waals surface area contributed by atoms with Crippen LogP contribution in [0.3, 0.4) is 0 Å². The van der Waals surface area contributed by atoms with Gasteiger partial charge in [0.05, 0.1) is 11.7 Å². The molecule has 0 aliphatic heterocycles. The summed E-state index contributed by atoms with van der Waals surface area (Å²) in [6.07, 6.45) is 2.90. The Labute approximate surface area is 136 Å². The maximum absolute atomic E-state index is 11.8. The number of benzene rings is 1. The van der Waals surface area contributed by atoms with Crippen LogP contribution in [0.1, 0.15) is 37.1 Å². The molecule has 1 unspecified atom stereocenters. The number of amides is 1. The number of aromatic nitrogens is 1. The highest BCUT2D eigenvalue weighted by Gasteiger charge is 2.10. The van der Waals surface area contributed by atoms with Crippen molar-refractivity contribution in [3.8, 4) is 5.75 Å². The standard InChI is InChI=1S/C18H23N3O2/c1-14(21-18(22)9-5-10-19)15-6-4-8-17(12-15)23-13-16-7-2-3-11-20-16/h2-4,6-8,11-12,14H,5,9-10,13,19H2,1H3,(H,21,22). The molecule has 1 aromatic heterocycles. The van der Waals surface area contributed by atoms with Gasteiger partial charge < -0.3 is 15.8 Å². The van der Waals surface area contributed by atoms with Crippen molar-refractivity contribution in [1.29, 1.82) is 0 Å². The van der Waals surface area contributed by atoms with E-state index in [1.807, 2.05) is 49.4 Å². The Morgan fingerprint density at radius 1 is 1.30 bits per heavy atom. The third kappa shape index (κ3) is 5.71. The van der Waals surface area contributed by atoms with Gasteiger partial charge in [-0.2, -0.15) is 0 Å². The summed E-state index contributed by atoms with van der Waals surface area (Å²) in [5, 5.41) is 2.97. The van der Waals surface area contributed by atoms with Crippen LogP contribution in [0.15, 0.2) is 48.7 Å². The lowest BCUT2D eigenvalue weighted by molar-refractivity contribution is -0.121. The number of ether oxygens (including phenoxy) is 1. The highest BCUT2D eigenvalue weighted by Crippen LogP contribution is 2.20. The summed E-state index contributed by atoms with van der Waals surface area (Å²) in [4.78, 5) is 16.0. The van der Waals surface area contributed by atoms with Gasteiger partial charge in [0.1, 0.15) is 12.4 Å². The smallest absolute Gasteiger partial charge is 0.220 e. The van der Waals surface area contributed by atoms with Gasteiger partial charge in [-0.1, -0.05) is 18.2 Å². The minimum atomic E-state index is -0.0707. The van der Waals surface area contributed by atoms with E-state index in [1.54, 1.807) is 6.20 Å². The second-order valence-corrected chi connectivity index (χ2v) is 5.36. The average Bonchev–Trinajstić information content (AvgIpc) is 2.59. The molecule has 23 heavy (non-hydrogen) atoms. The molecule has 3 N–H and O–H groups in total. The summed E-state index contributed by atoms with van der Waals surface area (Å²) in [6.45, 7) is 2.90. The second-order valence-electron chi connectivity index (χ2n) is 5.36. The van der Waals surface area contributed by atoms with Crippen LogP contribution in [-0.2, 0) is 11.4 Å². The number of nitrogens with one attached hydrogen (secondary N) is 1. The number of hydrogen-bond acceptors (Lipinski definition) is 4. The molecule has 0 saturated carbocycles. The van der Waals surface area contributed by atoms with E-state index in [9.17, 15) is 4.79 Å². The number of pyridine rings is 1. The molecular formula is C18H23N3O2. The molecule has 5 heteroatoms. The van der Waals surface area contributed by atoms with Crippen LogP contribution in [0.4, 0.5) is 0 Å². The first-order valence-corrected chi connectivity index (χ1v) is 7.81. The van der Waals surface area contributed by atoms with Crippen molar-refractivity contribution in [3.63, 3.8) is 0 Å². The van der Waals surface area contributed by atoms with Gasteiger partial charge in [-0.25, -0.2) is 0 Å². The van der Waals surface area contributed by atoms with Gasteiger partial charge in [-0.05, 0) is 49.7 Å². The molecule has 0 fully saturated rings. The van der Waals surface area contributed by atoms with Gasteiger partial charge in [-0.15, -0.1) is 0 Å². The van der Waals surface area contributed by atoms with E-state index < -0.39 is 0 Å². The number of nitrogens with zero attached hydrogens (tertiary/aromatic N) is 1. The quantitative estimate of drug-likeness (QED) is 0.785. The van der Waals surface area contributed by atoms with E-state index in [4.69, 9.17) is 10.5 Å². The number of rotatable bonds is 8. The molecule has 1 heterocycles. The van der Waals surface area contributed by atoms with Crippen molar-refractivity contribution in [2.75, 3.05) is 6.54 Å². The van der Waals surface area contributed by atoms with E-state index in [0.29, 0.717) is 26.0 Å². The molecule has 1 amide bonds. The SMILES string of the molecule is CC(NC(=O)CCCN)c1cccc(OCc2ccccn2)c1. The molecule has 2 rings (SSSR count). The lowest BCUT2D eigenvalue weighted by Crippen LogP contribution is -2.26. The first-order chi connectivity index (χ1) is 11.2. The summed E-state index contributed by atoms with van der Waals surface area (Å²) in [5.41, 5.74) is 7.30. The Kier molecular flexibility index (Phi) is 6.56. The van der Waals surface area contributed by atoms with Gasteiger partial charge in [0.15, 0.2) is 0 Å². The van der Waals surface area contributed by atoms with Crippen LogP contribution in [0.2, 0.25) is 0 Å². The molecule has 5 nitrogen and oxygen atoms in total. The van der Waals surface area contributed by atoms with E-state index in [1.165, 1.54) is 0 Å². The molecule has 1 aromatic carbocycles. The van der Waals surface area contributed by atoms with Crippen LogP contribution >= 0.6 is 0 Å². The molecular weight excluding hydrogens is 290 g/mol. The molecule has 2 aromatic rings.